The van der Waals surface area contributed by atoms with E-state index in [9.17, 15) is 0 Å². The molecule has 0 aliphatic heterocycles. The molecule has 2 heteroatoms. The minimum absolute atomic E-state index is 0.389. The van der Waals surface area contributed by atoms with E-state index >= 15 is 0 Å². The Morgan fingerprint density at radius 1 is 1.19 bits per heavy atom. The molecule has 0 amide bonds. The minimum Gasteiger partial charge on any atom is -0.307 e. The SMILES string of the molecule is CCCNC(/C1=C/CCCCCC1)c1ccc(C)c(Br)c1. The van der Waals surface area contributed by atoms with Crippen LogP contribution in [-0.4, -0.2) is 6.54 Å². The first-order chi connectivity index (χ1) is 10.2. The third kappa shape index (κ3) is 4.96. The van der Waals surface area contributed by atoms with Gasteiger partial charge in [-0.25, -0.2) is 0 Å². The molecule has 1 aliphatic carbocycles. The normalized spacial score (nSPS) is 20.2. The van der Waals surface area contributed by atoms with Crippen LogP contribution in [0.4, 0.5) is 0 Å². The molecule has 0 aromatic heterocycles. The lowest BCUT2D eigenvalue weighted by atomic mass is 9.90. The number of hydrogen-bond acceptors (Lipinski definition) is 1. The summed E-state index contributed by atoms with van der Waals surface area (Å²) in [4.78, 5) is 0. The fourth-order valence-electron chi connectivity index (χ4n) is 3.02. The second kappa shape index (κ2) is 8.75. The van der Waals surface area contributed by atoms with Crippen LogP contribution in [-0.2, 0) is 0 Å². The summed E-state index contributed by atoms with van der Waals surface area (Å²) in [6, 6.07) is 7.19. The van der Waals surface area contributed by atoms with Gasteiger partial charge in [0.1, 0.15) is 0 Å². The number of nitrogens with one attached hydrogen (secondary N) is 1. The molecule has 1 unspecified atom stereocenters. The van der Waals surface area contributed by atoms with Gasteiger partial charge in [0, 0.05) is 4.47 Å². The average Bonchev–Trinajstić information content (AvgIpc) is 2.44. The smallest absolute Gasteiger partial charge is 0.0536 e. The highest BCUT2D eigenvalue weighted by Crippen LogP contribution is 2.31. The minimum atomic E-state index is 0.389. The highest BCUT2D eigenvalue weighted by molar-refractivity contribution is 9.10. The van der Waals surface area contributed by atoms with Crippen LogP contribution in [0, 0.1) is 6.92 Å². The standard InChI is InChI=1S/C19H28BrN/c1-3-13-21-19(16-9-7-5-4-6-8-10-16)17-12-11-15(2)18(20)14-17/h9,11-12,14,19,21H,3-8,10,13H2,1-2H3/b16-9+. The van der Waals surface area contributed by atoms with Gasteiger partial charge in [0.15, 0.2) is 0 Å². The van der Waals surface area contributed by atoms with Crippen molar-refractivity contribution < 1.29 is 0 Å². The van der Waals surface area contributed by atoms with E-state index < -0.39 is 0 Å². The second-order valence-electron chi connectivity index (χ2n) is 6.13. The summed E-state index contributed by atoms with van der Waals surface area (Å²) in [6.07, 6.45) is 11.6. The van der Waals surface area contributed by atoms with Crippen LogP contribution in [0.1, 0.15) is 69.0 Å². The quantitative estimate of drug-likeness (QED) is 0.635. The molecule has 0 radical (unpaired) electrons. The van der Waals surface area contributed by atoms with Gasteiger partial charge in [-0.05, 0) is 62.8 Å². The Morgan fingerprint density at radius 3 is 2.76 bits per heavy atom. The fourth-order valence-corrected chi connectivity index (χ4v) is 3.42. The highest BCUT2D eigenvalue weighted by Gasteiger charge is 2.17. The first-order valence-corrected chi connectivity index (χ1v) is 9.20. The van der Waals surface area contributed by atoms with Crippen molar-refractivity contribution in [2.75, 3.05) is 6.54 Å². The molecule has 1 aromatic carbocycles. The maximum atomic E-state index is 3.76. The van der Waals surface area contributed by atoms with Gasteiger partial charge < -0.3 is 5.32 Å². The van der Waals surface area contributed by atoms with Gasteiger partial charge in [-0.1, -0.05) is 59.5 Å². The Bertz CT molecular complexity index is 478. The maximum Gasteiger partial charge on any atom is 0.0536 e. The summed E-state index contributed by atoms with van der Waals surface area (Å²) in [5, 5.41) is 3.76. The largest absolute Gasteiger partial charge is 0.307 e. The number of benzene rings is 1. The molecule has 21 heavy (non-hydrogen) atoms. The lowest BCUT2D eigenvalue weighted by Crippen LogP contribution is -2.24. The number of rotatable bonds is 5. The maximum absolute atomic E-state index is 3.76. The second-order valence-corrected chi connectivity index (χ2v) is 6.98. The molecule has 0 fully saturated rings. The van der Waals surface area contributed by atoms with Crippen molar-refractivity contribution >= 4 is 15.9 Å². The van der Waals surface area contributed by atoms with Crippen molar-refractivity contribution in [3.05, 3.63) is 45.4 Å². The van der Waals surface area contributed by atoms with Crippen LogP contribution in [0.5, 0.6) is 0 Å². The van der Waals surface area contributed by atoms with E-state index in [1.165, 1.54) is 60.5 Å². The Kier molecular flexibility index (Phi) is 6.98. The van der Waals surface area contributed by atoms with Crippen LogP contribution >= 0.6 is 15.9 Å². The Hall–Kier alpha value is -0.600. The van der Waals surface area contributed by atoms with Crippen molar-refractivity contribution in [3.63, 3.8) is 0 Å². The van der Waals surface area contributed by atoms with E-state index in [0.29, 0.717) is 6.04 Å². The van der Waals surface area contributed by atoms with Gasteiger partial charge in [-0.3, -0.25) is 0 Å². The molecule has 0 bridgehead atoms. The Balaban J connectivity index is 2.25. The lowest BCUT2D eigenvalue weighted by molar-refractivity contribution is 0.540. The number of aryl methyl sites for hydroxylation is 1. The summed E-state index contributed by atoms with van der Waals surface area (Å²) in [5.41, 5.74) is 4.30. The van der Waals surface area contributed by atoms with Gasteiger partial charge in [0.05, 0.1) is 6.04 Å². The van der Waals surface area contributed by atoms with Crippen molar-refractivity contribution in [3.8, 4) is 0 Å². The molecule has 1 nitrogen and oxygen atoms in total. The monoisotopic (exact) mass is 349 g/mol. The predicted octanol–water partition coefficient (Wildman–Crippen LogP) is 6.08. The van der Waals surface area contributed by atoms with E-state index in [-0.39, 0.29) is 0 Å². The van der Waals surface area contributed by atoms with E-state index in [1.807, 2.05) is 0 Å². The summed E-state index contributed by atoms with van der Waals surface area (Å²) in [6.45, 7) is 5.46. The molecule has 2 rings (SSSR count). The lowest BCUT2D eigenvalue weighted by Gasteiger charge is -2.24. The van der Waals surface area contributed by atoms with E-state index in [0.717, 1.165) is 6.54 Å². The zero-order chi connectivity index (χ0) is 15.1. The van der Waals surface area contributed by atoms with Crippen molar-refractivity contribution in [2.45, 2.75) is 64.8 Å². The Morgan fingerprint density at radius 2 is 2.00 bits per heavy atom. The van der Waals surface area contributed by atoms with Gasteiger partial charge in [0.25, 0.3) is 0 Å². The van der Waals surface area contributed by atoms with Gasteiger partial charge in [-0.15, -0.1) is 0 Å². The molecular formula is C19H28BrN. The number of allylic oxidation sites excluding steroid dienone is 1. The Labute approximate surface area is 138 Å². The first kappa shape index (κ1) is 16.8. The van der Waals surface area contributed by atoms with Crippen LogP contribution < -0.4 is 5.32 Å². The molecule has 1 N–H and O–H groups in total. The first-order valence-electron chi connectivity index (χ1n) is 8.40. The van der Waals surface area contributed by atoms with Crippen molar-refractivity contribution in [1.82, 2.24) is 5.32 Å². The van der Waals surface area contributed by atoms with Crippen LogP contribution in [0.2, 0.25) is 0 Å². The predicted molar refractivity (Wildman–Crippen MR) is 95.7 cm³/mol. The van der Waals surface area contributed by atoms with Crippen molar-refractivity contribution in [2.24, 2.45) is 0 Å². The molecular weight excluding hydrogens is 322 g/mol. The van der Waals surface area contributed by atoms with Gasteiger partial charge >= 0.3 is 0 Å². The number of halogens is 1. The van der Waals surface area contributed by atoms with Crippen LogP contribution in [0.15, 0.2) is 34.3 Å². The third-order valence-corrected chi connectivity index (χ3v) is 5.18. The summed E-state index contributed by atoms with van der Waals surface area (Å²) >= 11 is 3.69. The molecule has 1 atom stereocenters. The molecule has 0 spiro atoms. The van der Waals surface area contributed by atoms with E-state index in [1.54, 1.807) is 5.57 Å². The molecule has 116 valence electrons. The van der Waals surface area contributed by atoms with Crippen LogP contribution in [0.25, 0.3) is 0 Å². The summed E-state index contributed by atoms with van der Waals surface area (Å²) in [7, 11) is 0. The number of hydrogen-bond donors (Lipinski definition) is 1. The van der Waals surface area contributed by atoms with E-state index in [4.69, 9.17) is 0 Å². The van der Waals surface area contributed by atoms with Gasteiger partial charge in [-0.2, -0.15) is 0 Å². The molecule has 0 saturated heterocycles. The molecule has 0 heterocycles. The van der Waals surface area contributed by atoms with Crippen LogP contribution in [0.3, 0.4) is 0 Å². The molecule has 1 aromatic rings. The van der Waals surface area contributed by atoms with Gasteiger partial charge in [0.2, 0.25) is 0 Å². The van der Waals surface area contributed by atoms with Crippen molar-refractivity contribution in [1.29, 1.82) is 0 Å². The highest BCUT2D eigenvalue weighted by atomic mass is 79.9. The molecule has 0 saturated carbocycles. The summed E-state index contributed by atoms with van der Waals surface area (Å²) < 4.78 is 1.22. The topological polar surface area (TPSA) is 12.0 Å². The molecule has 1 aliphatic rings. The summed E-state index contributed by atoms with van der Waals surface area (Å²) in [5.74, 6) is 0. The average molecular weight is 350 g/mol. The van der Waals surface area contributed by atoms with E-state index in [2.05, 4.69) is 59.4 Å². The zero-order valence-electron chi connectivity index (χ0n) is 13.4. The third-order valence-electron chi connectivity index (χ3n) is 4.32. The fraction of sp³-hybridized carbons (Fsp3) is 0.579. The zero-order valence-corrected chi connectivity index (χ0v) is 15.0.